The summed E-state index contributed by atoms with van der Waals surface area (Å²) in [5, 5.41) is 9.61. The molecule has 21 heavy (non-hydrogen) atoms. The Morgan fingerprint density at radius 1 is 1.29 bits per heavy atom. The van der Waals surface area contributed by atoms with E-state index in [1.54, 1.807) is 18.2 Å². The summed E-state index contributed by atoms with van der Waals surface area (Å²) in [4.78, 5) is 19.2. The van der Waals surface area contributed by atoms with E-state index >= 15 is 0 Å². The lowest BCUT2D eigenvalue weighted by Gasteiger charge is -2.05. The van der Waals surface area contributed by atoms with Crippen molar-refractivity contribution in [1.82, 2.24) is 9.97 Å². The van der Waals surface area contributed by atoms with Crippen LogP contribution >= 0.6 is 0 Å². The zero-order valence-corrected chi connectivity index (χ0v) is 11.0. The van der Waals surface area contributed by atoms with Gasteiger partial charge in [-0.2, -0.15) is 10.2 Å². The van der Waals surface area contributed by atoms with E-state index < -0.39 is 5.63 Å². The molecular formula is C15H9N3O3. The molecule has 6 heteroatoms. The highest BCUT2D eigenvalue weighted by atomic mass is 16.5. The van der Waals surface area contributed by atoms with Crippen molar-refractivity contribution in [2.45, 2.75) is 6.92 Å². The number of nitriles is 1. The monoisotopic (exact) mass is 279 g/mol. The Kier molecular flexibility index (Phi) is 3.09. The number of hydrogen-bond donors (Lipinski definition) is 0. The SMILES string of the molecule is Cc1cc(=O)oc2cc(Oc3nccc(C#N)n3)ccc12. The van der Waals surface area contributed by atoms with Crippen LogP contribution in [0.1, 0.15) is 11.3 Å². The normalized spacial score (nSPS) is 10.3. The van der Waals surface area contributed by atoms with Gasteiger partial charge in [0.1, 0.15) is 23.1 Å². The molecule has 0 N–H and O–H groups in total. The van der Waals surface area contributed by atoms with Crippen molar-refractivity contribution in [2.24, 2.45) is 0 Å². The molecule has 0 fully saturated rings. The smallest absolute Gasteiger partial charge is 0.336 e. The average molecular weight is 279 g/mol. The first-order chi connectivity index (χ1) is 10.2. The number of ether oxygens (including phenoxy) is 1. The van der Waals surface area contributed by atoms with Crippen LogP contribution in [0, 0.1) is 18.3 Å². The van der Waals surface area contributed by atoms with E-state index in [1.165, 1.54) is 18.3 Å². The molecule has 0 saturated carbocycles. The number of aromatic nitrogens is 2. The van der Waals surface area contributed by atoms with Crippen LogP contribution < -0.4 is 10.4 Å². The van der Waals surface area contributed by atoms with Gasteiger partial charge in [0.25, 0.3) is 0 Å². The van der Waals surface area contributed by atoms with Crippen LogP contribution in [0.2, 0.25) is 0 Å². The van der Waals surface area contributed by atoms with Crippen molar-refractivity contribution in [1.29, 1.82) is 5.26 Å². The number of aryl methyl sites for hydroxylation is 1. The summed E-state index contributed by atoms with van der Waals surface area (Å²) >= 11 is 0. The molecule has 2 aromatic heterocycles. The summed E-state index contributed by atoms with van der Waals surface area (Å²) in [6.07, 6.45) is 1.44. The summed E-state index contributed by atoms with van der Waals surface area (Å²) in [7, 11) is 0. The molecule has 0 bridgehead atoms. The van der Waals surface area contributed by atoms with E-state index in [9.17, 15) is 4.79 Å². The predicted octanol–water partition coefficient (Wildman–Crippen LogP) is 2.56. The Hall–Kier alpha value is -3.20. The van der Waals surface area contributed by atoms with Crippen molar-refractivity contribution in [2.75, 3.05) is 0 Å². The molecule has 0 unspecified atom stereocenters. The Morgan fingerprint density at radius 3 is 2.95 bits per heavy atom. The van der Waals surface area contributed by atoms with Crippen LogP contribution in [0.3, 0.4) is 0 Å². The van der Waals surface area contributed by atoms with Crippen LogP contribution in [0.4, 0.5) is 0 Å². The third-order valence-electron chi connectivity index (χ3n) is 2.88. The lowest BCUT2D eigenvalue weighted by Crippen LogP contribution is -1.98. The van der Waals surface area contributed by atoms with Gasteiger partial charge in [0, 0.05) is 23.7 Å². The first-order valence-corrected chi connectivity index (χ1v) is 6.11. The number of hydrogen-bond acceptors (Lipinski definition) is 6. The van der Waals surface area contributed by atoms with Crippen LogP contribution in [0.5, 0.6) is 11.8 Å². The molecule has 6 nitrogen and oxygen atoms in total. The summed E-state index contributed by atoms with van der Waals surface area (Å²) in [5.41, 5.74) is 1.05. The zero-order chi connectivity index (χ0) is 14.8. The lowest BCUT2D eigenvalue weighted by atomic mass is 10.1. The molecular weight excluding hydrogens is 270 g/mol. The van der Waals surface area contributed by atoms with E-state index in [0.29, 0.717) is 11.3 Å². The molecule has 0 atom stereocenters. The fourth-order valence-electron chi connectivity index (χ4n) is 1.93. The van der Waals surface area contributed by atoms with Crippen molar-refractivity contribution < 1.29 is 9.15 Å². The Labute approximate surface area is 119 Å². The van der Waals surface area contributed by atoms with E-state index in [0.717, 1.165) is 10.9 Å². The molecule has 0 amide bonds. The molecule has 0 aliphatic rings. The highest BCUT2D eigenvalue weighted by molar-refractivity contribution is 5.81. The van der Waals surface area contributed by atoms with Gasteiger partial charge in [-0.3, -0.25) is 0 Å². The Bertz CT molecular complexity index is 925. The minimum atomic E-state index is -0.417. The quantitative estimate of drug-likeness (QED) is 0.670. The predicted molar refractivity (Wildman–Crippen MR) is 74.0 cm³/mol. The summed E-state index contributed by atoms with van der Waals surface area (Å²) in [6.45, 7) is 1.83. The number of fused-ring (bicyclic) bond motifs is 1. The van der Waals surface area contributed by atoms with Crippen molar-refractivity contribution in [3.63, 3.8) is 0 Å². The fraction of sp³-hybridized carbons (Fsp3) is 0.0667. The maximum Gasteiger partial charge on any atom is 0.336 e. The molecule has 3 rings (SSSR count). The Balaban J connectivity index is 2.01. The van der Waals surface area contributed by atoms with Gasteiger partial charge in [0.2, 0.25) is 0 Å². The van der Waals surface area contributed by atoms with Gasteiger partial charge < -0.3 is 9.15 Å². The molecule has 102 valence electrons. The van der Waals surface area contributed by atoms with Crippen molar-refractivity contribution in [3.8, 4) is 17.8 Å². The van der Waals surface area contributed by atoms with Crippen LogP contribution in [0.15, 0.2) is 45.7 Å². The number of benzene rings is 1. The molecule has 3 aromatic rings. The fourth-order valence-corrected chi connectivity index (χ4v) is 1.93. The second-order valence-corrected chi connectivity index (χ2v) is 4.34. The molecule has 0 saturated heterocycles. The van der Waals surface area contributed by atoms with Crippen molar-refractivity contribution in [3.05, 3.63) is 58.2 Å². The number of nitrogens with zero attached hydrogens (tertiary/aromatic N) is 3. The van der Waals surface area contributed by atoms with Gasteiger partial charge in [-0.15, -0.1) is 0 Å². The summed E-state index contributed by atoms with van der Waals surface area (Å²) in [5.74, 6) is 0.423. The summed E-state index contributed by atoms with van der Waals surface area (Å²) in [6, 6.07) is 9.98. The van der Waals surface area contributed by atoms with Crippen LogP contribution in [-0.2, 0) is 0 Å². The molecule has 0 radical (unpaired) electrons. The molecule has 0 aliphatic heterocycles. The van der Waals surface area contributed by atoms with Crippen LogP contribution in [0.25, 0.3) is 11.0 Å². The van der Waals surface area contributed by atoms with E-state index in [1.807, 2.05) is 13.0 Å². The third kappa shape index (κ3) is 2.58. The molecule has 0 aliphatic carbocycles. The van der Waals surface area contributed by atoms with Crippen LogP contribution in [-0.4, -0.2) is 9.97 Å². The molecule has 2 heterocycles. The highest BCUT2D eigenvalue weighted by Gasteiger charge is 2.06. The van der Waals surface area contributed by atoms with Gasteiger partial charge in [-0.25, -0.2) is 9.78 Å². The zero-order valence-electron chi connectivity index (χ0n) is 11.0. The van der Waals surface area contributed by atoms with E-state index in [-0.39, 0.29) is 11.7 Å². The van der Waals surface area contributed by atoms with Gasteiger partial charge in [0.15, 0.2) is 0 Å². The van der Waals surface area contributed by atoms with E-state index in [2.05, 4.69) is 9.97 Å². The van der Waals surface area contributed by atoms with Crippen molar-refractivity contribution >= 4 is 11.0 Å². The third-order valence-corrected chi connectivity index (χ3v) is 2.88. The largest absolute Gasteiger partial charge is 0.424 e. The first-order valence-electron chi connectivity index (χ1n) is 6.11. The average Bonchev–Trinajstić information content (AvgIpc) is 2.47. The maximum atomic E-state index is 11.4. The second-order valence-electron chi connectivity index (χ2n) is 4.34. The minimum Gasteiger partial charge on any atom is -0.424 e. The summed E-state index contributed by atoms with van der Waals surface area (Å²) < 4.78 is 10.6. The standard InChI is InChI=1S/C15H9N3O3/c1-9-6-14(19)21-13-7-11(2-3-12(9)13)20-15-17-5-4-10(8-16)18-15/h2-7H,1H3. The Morgan fingerprint density at radius 2 is 2.14 bits per heavy atom. The van der Waals surface area contributed by atoms with Gasteiger partial charge in [-0.1, -0.05) is 0 Å². The maximum absolute atomic E-state index is 11.4. The second kappa shape index (κ2) is 5.06. The van der Waals surface area contributed by atoms with Gasteiger partial charge in [-0.05, 0) is 30.7 Å². The highest BCUT2D eigenvalue weighted by Crippen LogP contribution is 2.24. The van der Waals surface area contributed by atoms with E-state index in [4.69, 9.17) is 14.4 Å². The number of rotatable bonds is 2. The topological polar surface area (TPSA) is 89.0 Å². The van der Waals surface area contributed by atoms with Gasteiger partial charge in [0.05, 0.1) is 0 Å². The van der Waals surface area contributed by atoms with Gasteiger partial charge >= 0.3 is 11.6 Å². The molecule has 1 aromatic carbocycles. The molecule has 0 spiro atoms. The minimum absolute atomic E-state index is 0.0587. The lowest BCUT2D eigenvalue weighted by molar-refractivity contribution is 0.440. The first kappa shape index (κ1) is 12.8.